The molecule has 1 aromatic carbocycles. The van der Waals surface area contributed by atoms with Gasteiger partial charge in [-0.15, -0.1) is 0 Å². The lowest BCUT2D eigenvalue weighted by Gasteiger charge is -2.47. The Morgan fingerprint density at radius 1 is 1.10 bits per heavy atom. The summed E-state index contributed by atoms with van der Waals surface area (Å²) in [5.74, 6) is 1.68. The van der Waals surface area contributed by atoms with Crippen LogP contribution in [0.1, 0.15) is 24.8 Å². The van der Waals surface area contributed by atoms with Crippen LogP contribution in [0.3, 0.4) is 0 Å². The largest absolute Gasteiger partial charge is 0.497 e. The minimum atomic E-state index is 0.350. The van der Waals surface area contributed by atoms with Gasteiger partial charge in [0.2, 0.25) is 0 Å². The highest BCUT2D eigenvalue weighted by atomic mass is 16.5. The van der Waals surface area contributed by atoms with E-state index in [1.807, 2.05) is 6.07 Å². The summed E-state index contributed by atoms with van der Waals surface area (Å²) in [5, 5.41) is 3.58. The van der Waals surface area contributed by atoms with Crippen LogP contribution in [-0.2, 0) is 6.54 Å². The van der Waals surface area contributed by atoms with Crippen molar-refractivity contribution in [1.82, 2.24) is 10.2 Å². The average Bonchev–Trinajstić information content (AvgIpc) is 2.40. The van der Waals surface area contributed by atoms with Gasteiger partial charge in [0.15, 0.2) is 0 Å². The van der Waals surface area contributed by atoms with Crippen LogP contribution in [0.4, 0.5) is 0 Å². The van der Waals surface area contributed by atoms with Crippen molar-refractivity contribution >= 4 is 0 Å². The van der Waals surface area contributed by atoms with Crippen LogP contribution >= 0.6 is 0 Å². The van der Waals surface area contributed by atoms with Crippen molar-refractivity contribution in [2.45, 2.75) is 31.3 Å². The highest BCUT2D eigenvalue weighted by molar-refractivity contribution is 5.38. The molecule has 0 atom stereocenters. The third kappa shape index (κ3) is 3.25. The molecule has 1 N–H and O–H groups in total. The van der Waals surface area contributed by atoms with Crippen LogP contribution in [0.2, 0.25) is 0 Å². The van der Waals surface area contributed by atoms with Crippen LogP contribution in [0, 0.1) is 0 Å². The lowest BCUT2D eigenvalue weighted by Crippen LogP contribution is -2.56. The second-order valence-electron chi connectivity index (χ2n) is 5.80. The third-order valence-electron chi connectivity index (χ3n) is 4.43. The second-order valence-corrected chi connectivity index (χ2v) is 5.80. The number of hydrogen-bond donors (Lipinski definition) is 1. The van der Waals surface area contributed by atoms with E-state index in [1.165, 1.54) is 24.8 Å². The van der Waals surface area contributed by atoms with E-state index in [2.05, 4.69) is 36.4 Å². The van der Waals surface area contributed by atoms with E-state index in [4.69, 9.17) is 9.47 Å². The van der Waals surface area contributed by atoms with E-state index in [0.717, 1.165) is 24.6 Å². The average molecular weight is 278 g/mol. The molecule has 0 saturated heterocycles. The predicted molar refractivity (Wildman–Crippen MR) is 81.5 cm³/mol. The number of nitrogens with one attached hydrogen (secondary N) is 1. The standard InChI is InChI=1S/C16H26N2O2/c1-18(2)16(6-5-7-16)12-17-11-13-8-14(19-3)10-15(9-13)20-4/h8-10,17H,5-7,11-12H2,1-4H3. The zero-order valence-electron chi connectivity index (χ0n) is 13.0. The summed E-state index contributed by atoms with van der Waals surface area (Å²) < 4.78 is 10.6. The molecule has 4 heteroatoms. The molecule has 0 aliphatic heterocycles. The minimum absolute atomic E-state index is 0.350. The zero-order chi connectivity index (χ0) is 14.6. The van der Waals surface area contributed by atoms with Gasteiger partial charge < -0.3 is 19.7 Å². The molecule has 0 radical (unpaired) electrons. The Bertz CT molecular complexity index is 420. The van der Waals surface area contributed by atoms with Crippen molar-refractivity contribution < 1.29 is 9.47 Å². The molecular weight excluding hydrogens is 252 g/mol. The van der Waals surface area contributed by atoms with Gasteiger partial charge in [0.25, 0.3) is 0 Å². The van der Waals surface area contributed by atoms with Crippen LogP contribution in [-0.4, -0.2) is 45.3 Å². The minimum Gasteiger partial charge on any atom is -0.497 e. The zero-order valence-corrected chi connectivity index (χ0v) is 13.0. The molecule has 0 unspecified atom stereocenters. The van der Waals surface area contributed by atoms with Gasteiger partial charge in [0, 0.05) is 24.7 Å². The molecular formula is C16H26N2O2. The van der Waals surface area contributed by atoms with Gasteiger partial charge in [-0.25, -0.2) is 0 Å². The first kappa shape index (κ1) is 15.1. The number of benzene rings is 1. The van der Waals surface area contributed by atoms with E-state index < -0.39 is 0 Å². The normalized spacial score (nSPS) is 16.9. The van der Waals surface area contributed by atoms with E-state index >= 15 is 0 Å². The summed E-state index contributed by atoms with van der Waals surface area (Å²) in [7, 11) is 7.72. The van der Waals surface area contributed by atoms with Crippen LogP contribution in [0.25, 0.3) is 0 Å². The summed E-state index contributed by atoms with van der Waals surface area (Å²) in [5.41, 5.74) is 1.54. The summed E-state index contributed by atoms with van der Waals surface area (Å²) in [6, 6.07) is 6.01. The molecule has 1 aromatic rings. The van der Waals surface area contributed by atoms with Gasteiger partial charge in [-0.2, -0.15) is 0 Å². The number of methoxy groups -OCH3 is 2. The fourth-order valence-electron chi connectivity index (χ4n) is 2.77. The molecule has 20 heavy (non-hydrogen) atoms. The first-order valence-corrected chi connectivity index (χ1v) is 7.20. The van der Waals surface area contributed by atoms with Crippen LogP contribution < -0.4 is 14.8 Å². The Morgan fingerprint density at radius 2 is 1.70 bits per heavy atom. The maximum Gasteiger partial charge on any atom is 0.122 e. The number of ether oxygens (including phenoxy) is 2. The lowest BCUT2D eigenvalue weighted by atomic mass is 9.75. The number of rotatable bonds is 7. The monoisotopic (exact) mass is 278 g/mol. The van der Waals surface area contributed by atoms with Gasteiger partial charge in [0.1, 0.15) is 11.5 Å². The van der Waals surface area contributed by atoms with Crippen molar-refractivity contribution in [3.63, 3.8) is 0 Å². The Morgan fingerprint density at radius 3 is 2.10 bits per heavy atom. The topological polar surface area (TPSA) is 33.7 Å². The summed E-state index contributed by atoms with van der Waals surface area (Å²) in [4.78, 5) is 2.36. The third-order valence-corrected chi connectivity index (χ3v) is 4.43. The van der Waals surface area contributed by atoms with Gasteiger partial charge >= 0.3 is 0 Å². The molecule has 0 bridgehead atoms. The predicted octanol–water partition coefficient (Wildman–Crippen LogP) is 2.28. The quantitative estimate of drug-likeness (QED) is 0.829. The molecule has 0 aromatic heterocycles. The van der Waals surface area contributed by atoms with Crippen molar-refractivity contribution in [1.29, 1.82) is 0 Å². The van der Waals surface area contributed by atoms with E-state index in [0.29, 0.717) is 5.54 Å². The molecule has 1 saturated carbocycles. The highest BCUT2D eigenvalue weighted by Gasteiger charge is 2.38. The van der Waals surface area contributed by atoms with Gasteiger partial charge in [-0.05, 0) is 51.1 Å². The Balaban J connectivity index is 1.93. The molecule has 1 aliphatic carbocycles. The lowest BCUT2D eigenvalue weighted by molar-refractivity contribution is 0.0598. The molecule has 1 aliphatic rings. The smallest absolute Gasteiger partial charge is 0.122 e. The first-order valence-electron chi connectivity index (χ1n) is 7.20. The Labute approximate surface area is 122 Å². The van der Waals surface area contributed by atoms with Crippen LogP contribution in [0.15, 0.2) is 18.2 Å². The van der Waals surface area contributed by atoms with Crippen molar-refractivity contribution in [2.75, 3.05) is 34.9 Å². The maximum absolute atomic E-state index is 5.30. The summed E-state index contributed by atoms with van der Waals surface area (Å²) >= 11 is 0. The second kappa shape index (κ2) is 6.46. The molecule has 0 amide bonds. The summed E-state index contributed by atoms with van der Waals surface area (Å²) in [6.07, 6.45) is 3.91. The molecule has 112 valence electrons. The number of nitrogens with zero attached hydrogens (tertiary/aromatic N) is 1. The molecule has 4 nitrogen and oxygen atoms in total. The maximum atomic E-state index is 5.30. The molecule has 0 spiro atoms. The van der Waals surface area contributed by atoms with Crippen LogP contribution in [0.5, 0.6) is 11.5 Å². The van der Waals surface area contributed by atoms with Gasteiger partial charge in [-0.3, -0.25) is 0 Å². The first-order chi connectivity index (χ1) is 9.59. The summed E-state index contributed by atoms with van der Waals surface area (Å²) in [6.45, 7) is 1.86. The van der Waals surface area contributed by atoms with E-state index in [1.54, 1.807) is 14.2 Å². The van der Waals surface area contributed by atoms with E-state index in [9.17, 15) is 0 Å². The highest BCUT2D eigenvalue weighted by Crippen LogP contribution is 2.35. The van der Waals surface area contributed by atoms with Crippen molar-refractivity contribution in [3.8, 4) is 11.5 Å². The van der Waals surface area contributed by atoms with Crippen molar-refractivity contribution in [3.05, 3.63) is 23.8 Å². The fraction of sp³-hybridized carbons (Fsp3) is 0.625. The van der Waals surface area contributed by atoms with Gasteiger partial charge in [0.05, 0.1) is 14.2 Å². The molecule has 0 heterocycles. The molecule has 1 fully saturated rings. The van der Waals surface area contributed by atoms with Crippen molar-refractivity contribution in [2.24, 2.45) is 0 Å². The number of hydrogen-bond acceptors (Lipinski definition) is 4. The molecule has 2 rings (SSSR count). The Kier molecular flexibility index (Phi) is 4.89. The SMILES string of the molecule is COc1cc(CNCC2(N(C)C)CCC2)cc(OC)c1. The fourth-order valence-corrected chi connectivity index (χ4v) is 2.77. The van der Waals surface area contributed by atoms with Gasteiger partial charge in [-0.1, -0.05) is 0 Å². The number of likely N-dealkylation sites (N-methyl/N-ethyl adjacent to an activating group) is 1. The van der Waals surface area contributed by atoms with E-state index in [-0.39, 0.29) is 0 Å². The Hall–Kier alpha value is -1.26.